The molecule has 0 fully saturated rings. The van der Waals surface area contributed by atoms with Gasteiger partial charge >= 0.3 is 0 Å². The number of aromatic nitrogens is 3. The number of carbonyl (C=O) groups excluding carboxylic acids is 1. The van der Waals surface area contributed by atoms with Gasteiger partial charge in [-0.1, -0.05) is 5.16 Å². The zero-order valence-corrected chi connectivity index (χ0v) is 13.4. The van der Waals surface area contributed by atoms with Gasteiger partial charge in [-0.05, 0) is 26.2 Å². The van der Waals surface area contributed by atoms with E-state index in [0.717, 1.165) is 48.8 Å². The summed E-state index contributed by atoms with van der Waals surface area (Å²) >= 11 is 0. The molecule has 1 aliphatic rings. The highest BCUT2D eigenvalue weighted by atomic mass is 16.5. The fourth-order valence-corrected chi connectivity index (χ4v) is 3.10. The van der Waals surface area contributed by atoms with Crippen molar-refractivity contribution in [2.75, 3.05) is 13.6 Å². The number of nitrogens with zero attached hydrogens (tertiary/aromatic N) is 4. The molecule has 0 aromatic carbocycles. The molecule has 22 heavy (non-hydrogen) atoms. The van der Waals surface area contributed by atoms with Gasteiger partial charge in [0.15, 0.2) is 0 Å². The molecule has 0 N–H and O–H groups in total. The molecule has 6 heteroatoms. The van der Waals surface area contributed by atoms with Gasteiger partial charge in [0.2, 0.25) is 5.91 Å². The second kappa shape index (κ2) is 5.94. The van der Waals surface area contributed by atoms with Crippen LogP contribution in [0.3, 0.4) is 0 Å². The van der Waals surface area contributed by atoms with Crippen LogP contribution in [-0.2, 0) is 24.2 Å². The van der Waals surface area contributed by atoms with Gasteiger partial charge in [0.05, 0.1) is 12.1 Å². The van der Waals surface area contributed by atoms with Crippen molar-refractivity contribution in [1.82, 2.24) is 19.6 Å². The summed E-state index contributed by atoms with van der Waals surface area (Å²) in [6.45, 7) is 5.49. The maximum Gasteiger partial charge on any atom is 0.226 e. The van der Waals surface area contributed by atoms with Crippen LogP contribution in [0.4, 0.5) is 0 Å². The first kappa shape index (κ1) is 14.8. The Balaban J connectivity index is 1.58. The molecular weight excluding hydrogens is 280 g/mol. The quantitative estimate of drug-likeness (QED) is 0.863. The van der Waals surface area contributed by atoms with Gasteiger partial charge in [-0.15, -0.1) is 0 Å². The number of hydrogen-bond donors (Lipinski definition) is 0. The molecule has 0 saturated carbocycles. The molecule has 1 aliphatic heterocycles. The second-order valence-corrected chi connectivity index (χ2v) is 6.15. The Morgan fingerprint density at radius 3 is 3.05 bits per heavy atom. The van der Waals surface area contributed by atoms with Gasteiger partial charge in [0, 0.05) is 44.5 Å². The summed E-state index contributed by atoms with van der Waals surface area (Å²) in [5.41, 5.74) is 1.72. The molecule has 0 bridgehead atoms. The summed E-state index contributed by atoms with van der Waals surface area (Å²) in [5, 5.41) is 3.91. The topological polar surface area (TPSA) is 64.2 Å². The van der Waals surface area contributed by atoms with Crippen LogP contribution in [0.15, 0.2) is 16.9 Å². The van der Waals surface area contributed by atoms with Crippen molar-refractivity contribution < 1.29 is 9.32 Å². The first-order valence-corrected chi connectivity index (χ1v) is 7.70. The van der Waals surface area contributed by atoms with E-state index < -0.39 is 0 Å². The zero-order chi connectivity index (χ0) is 15.7. The van der Waals surface area contributed by atoms with E-state index in [-0.39, 0.29) is 5.91 Å². The van der Waals surface area contributed by atoms with Crippen molar-refractivity contribution >= 4 is 5.91 Å². The van der Waals surface area contributed by atoms with E-state index in [1.54, 1.807) is 0 Å². The van der Waals surface area contributed by atoms with E-state index in [1.165, 1.54) is 0 Å². The minimum Gasteiger partial charge on any atom is -0.361 e. The van der Waals surface area contributed by atoms with Crippen LogP contribution >= 0.6 is 0 Å². The number of fused-ring (bicyclic) bond motifs is 1. The molecule has 6 nitrogen and oxygen atoms in total. The second-order valence-electron chi connectivity index (χ2n) is 6.15. The van der Waals surface area contributed by atoms with Crippen LogP contribution in [0.2, 0.25) is 0 Å². The van der Waals surface area contributed by atoms with Crippen molar-refractivity contribution in [1.29, 1.82) is 0 Å². The maximum atomic E-state index is 12.4. The van der Waals surface area contributed by atoms with Gasteiger partial charge in [-0.2, -0.15) is 0 Å². The van der Waals surface area contributed by atoms with Gasteiger partial charge in [-0.3, -0.25) is 4.79 Å². The Hall–Kier alpha value is -2.11. The number of carbonyl (C=O) groups is 1. The van der Waals surface area contributed by atoms with Crippen LogP contribution in [0.5, 0.6) is 0 Å². The summed E-state index contributed by atoms with van der Waals surface area (Å²) in [4.78, 5) is 18.6. The predicted molar refractivity (Wildman–Crippen MR) is 81.4 cm³/mol. The lowest BCUT2D eigenvalue weighted by Gasteiger charge is -2.27. The fourth-order valence-electron chi connectivity index (χ4n) is 3.10. The maximum absolute atomic E-state index is 12.4. The normalized spacial score (nSPS) is 17.3. The number of aryl methyl sites for hydroxylation is 3. The van der Waals surface area contributed by atoms with Crippen molar-refractivity contribution in [3.05, 3.63) is 35.2 Å². The third-order valence-corrected chi connectivity index (χ3v) is 4.52. The molecule has 0 saturated heterocycles. The number of imidazole rings is 1. The Labute approximate surface area is 130 Å². The lowest BCUT2D eigenvalue weighted by molar-refractivity contribution is -0.129. The third kappa shape index (κ3) is 2.91. The van der Waals surface area contributed by atoms with E-state index in [1.807, 2.05) is 38.2 Å². The van der Waals surface area contributed by atoms with Crippen LogP contribution in [0.1, 0.15) is 29.3 Å². The van der Waals surface area contributed by atoms with Gasteiger partial charge in [0.25, 0.3) is 0 Å². The minimum atomic E-state index is 0.114. The third-order valence-electron chi connectivity index (χ3n) is 4.52. The average molecular weight is 302 g/mol. The average Bonchev–Trinajstić information content (AvgIpc) is 3.08. The highest BCUT2D eigenvalue weighted by molar-refractivity contribution is 5.79. The molecule has 0 aliphatic carbocycles. The van der Waals surface area contributed by atoms with Crippen molar-refractivity contribution in [3.63, 3.8) is 0 Å². The number of amides is 1. The van der Waals surface area contributed by atoms with Crippen LogP contribution in [0, 0.1) is 19.8 Å². The summed E-state index contributed by atoms with van der Waals surface area (Å²) < 4.78 is 7.32. The first-order chi connectivity index (χ1) is 10.5. The van der Waals surface area contributed by atoms with E-state index >= 15 is 0 Å². The minimum absolute atomic E-state index is 0.114. The summed E-state index contributed by atoms with van der Waals surface area (Å²) in [6, 6.07) is 0. The van der Waals surface area contributed by atoms with Crippen LogP contribution in [-0.4, -0.2) is 39.1 Å². The van der Waals surface area contributed by atoms with Crippen molar-refractivity contribution in [2.45, 2.75) is 39.7 Å². The Bertz CT molecular complexity index is 654. The molecule has 1 unspecified atom stereocenters. The number of likely N-dealkylation sites (N-methyl/N-ethyl adjacent to an activating group) is 1. The van der Waals surface area contributed by atoms with Crippen molar-refractivity contribution in [3.8, 4) is 0 Å². The van der Waals surface area contributed by atoms with E-state index in [4.69, 9.17) is 4.52 Å². The van der Waals surface area contributed by atoms with E-state index in [0.29, 0.717) is 12.3 Å². The lowest BCUT2D eigenvalue weighted by atomic mass is 9.97. The fraction of sp³-hybridized carbons (Fsp3) is 0.562. The van der Waals surface area contributed by atoms with E-state index in [2.05, 4.69) is 14.7 Å². The predicted octanol–water partition coefficient (Wildman–Crippen LogP) is 1.75. The SMILES string of the molecule is Cc1noc(C)c1CC(=O)N(C)CC1CCn2ccnc2C1. The lowest BCUT2D eigenvalue weighted by Crippen LogP contribution is -2.35. The van der Waals surface area contributed by atoms with Gasteiger partial charge < -0.3 is 14.0 Å². The van der Waals surface area contributed by atoms with Crippen LogP contribution < -0.4 is 0 Å². The number of rotatable bonds is 4. The first-order valence-electron chi connectivity index (χ1n) is 7.70. The zero-order valence-electron chi connectivity index (χ0n) is 13.4. The van der Waals surface area contributed by atoms with Gasteiger partial charge in [-0.25, -0.2) is 4.98 Å². The highest BCUT2D eigenvalue weighted by Crippen LogP contribution is 2.20. The molecule has 1 amide bonds. The Morgan fingerprint density at radius 1 is 1.50 bits per heavy atom. The molecule has 2 aromatic heterocycles. The summed E-state index contributed by atoms with van der Waals surface area (Å²) in [5.74, 6) is 2.46. The standard InChI is InChI=1S/C16H22N4O2/c1-11-14(12(2)22-18-11)9-16(21)19(3)10-13-4-6-20-7-5-17-15(20)8-13/h5,7,13H,4,6,8-10H2,1-3H3. The van der Waals surface area contributed by atoms with Gasteiger partial charge in [0.1, 0.15) is 11.6 Å². The highest BCUT2D eigenvalue weighted by Gasteiger charge is 2.23. The van der Waals surface area contributed by atoms with E-state index in [9.17, 15) is 4.79 Å². The molecule has 3 rings (SSSR count). The molecule has 2 aromatic rings. The van der Waals surface area contributed by atoms with Crippen molar-refractivity contribution in [2.24, 2.45) is 5.92 Å². The molecule has 0 radical (unpaired) electrons. The number of hydrogen-bond acceptors (Lipinski definition) is 4. The Kier molecular flexibility index (Phi) is 4.00. The Morgan fingerprint density at radius 2 is 2.32 bits per heavy atom. The molecule has 0 spiro atoms. The summed E-state index contributed by atoms with van der Waals surface area (Å²) in [7, 11) is 1.88. The molecule has 118 valence electrons. The molecule has 3 heterocycles. The monoisotopic (exact) mass is 302 g/mol. The largest absolute Gasteiger partial charge is 0.361 e. The smallest absolute Gasteiger partial charge is 0.226 e. The summed E-state index contributed by atoms with van der Waals surface area (Å²) in [6.07, 6.45) is 6.27. The molecular formula is C16H22N4O2. The van der Waals surface area contributed by atoms with Crippen LogP contribution in [0.25, 0.3) is 0 Å². The molecule has 1 atom stereocenters.